The van der Waals surface area contributed by atoms with E-state index in [1.54, 1.807) is 0 Å². The minimum absolute atomic E-state index is 0.113. The van der Waals surface area contributed by atoms with Crippen molar-refractivity contribution in [2.75, 3.05) is 0 Å². The lowest BCUT2D eigenvalue weighted by molar-refractivity contribution is 0.0112. The monoisotopic (exact) mass is 310 g/mol. The van der Waals surface area contributed by atoms with E-state index in [4.69, 9.17) is 0 Å². The molecule has 0 radical (unpaired) electrons. The lowest BCUT2D eigenvalue weighted by atomic mass is 9.72. The smallest absolute Gasteiger partial charge is 0.0846 e. The number of halogens is 1. The van der Waals surface area contributed by atoms with Gasteiger partial charge >= 0.3 is 0 Å². The summed E-state index contributed by atoms with van der Waals surface area (Å²) in [6.45, 7) is 4.52. The van der Waals surface area contributed by atoms with Gasteiger partial charge in [-0.1, -0.05) is 54.8 Å². The summed E-state index contributed by atoms with van der Waals surface area (Å²) in [5.41, 5.74) is 1.18. The van der Waals surface area contributed by atoms with Crippen LogP contribution in [0.2, 0.25) is 0 Å². The lowest BCUT2D eigenvalue weighted by Crippen LogP contribution is -2.27. The minimum atomic E-state index is -0.310. The number of rotatable bonds is 4. The Morgan fingerprint density at radius 2 is 1.72 bits per heavy atom. The summed E-state index contributed by atoms with van der Waals surface area (Å²) in [5, 5.41) is 10.8. The predicted octanol–water partition coefficient (Wildman–Crippen LogP) is 5.09. The first-order valence-corrected chi connectivity index (χ1v) is 7.76. The van der Waals surface area contributed by atoms with Crippen LogP contribution in [0.5, 0.6) is 0 Å². The maximum Gasteiger partial charge on any atom is 0.0846 e. The Bertz CT molecular complexity index is 377. The van der Waals surface area contributed by atoms with E-state index in [2.05, 4.69) is 41.9 Å². The molecule has 1 aliphatic carbocycles. The van der Waals surface area contributed by atoms with Gasteiger partial charge in [0.2, 0.25) is 0 Å². The van der Waals surface area contributed by atoms with Crippen LogP contribution in [0.1, 0.15) is 57.6 Å². The second-order valence-electron chi connectivity index (χ2n) is 6.12. The largest absolute Gasteiger partial charge is 0.388 e. The molecule has 0 spiro atoms. The fourth-order valence-corrected chi connectivity index (χ4v) is 3.74. The topological polar surface area (TPSA) is 20.2 Å². The normalized spacial score (nSPS) is 20.3. The first kappa shape index (κ1) is 14.1. The van der Waals surface area contributed by atoms with Gasteiger partial charge in [-0.25, -0.2) is 0 Å². The molecule has 0 amide bonds. The quantitative estimate of drug-likeness (QED) is 0.821. The van der Waals surface area contributed by atoms with Crippen molar-refractivity contribution >= 4 is 15.9 Å². The van der Waals surface area contributed by atoms with Crippen LogP contribution in [0.15, 0.2) is 28.7 Å². The summed E-state index contributed by atoms with van der Waals surface area (Å²) in [6, 6.07) is 8.15. The third-order valence-corrected chi connectivity index (χ3v) is 4.71. The van der Waals surface area contributed by atoms with Gasteiger partial charge in [0.15, 0.2) is 0 Å². The van der Waals surface area contributed by atoms with Crippen LogP contribution in [0.3, 0.4) is 0 Å². The van der Waals surface area contributed by atoms with Gasteiger partial charge in [0.25, 0.3) is 0 Å². The van der Waals surface area contributed by atoms with E-state index in [1.807, 2.05) is 12.1 Å². The highest BCUT2D eigenvalue weighted by Crippen LogP contribution is 2.51. The molecule has 1 unspecified atom stereocenters. The molecule has 0 heterocycles. The zero-order chi connectivity index (χ0) is 13.2. The summed E-state index contributed by atoms with van der Waals surface area (Å²) in [6.07, 6.45) is 5.69. The SMILES string of the molecule is CC(C)CC1(C(O)c2ccc(Br)cc2)CCCC1. The van der Waals surface area contributed by atoms with Crippen LogP contribution in [-0.2, 0) is 0 Å². The third kappa shape index (κ3) is 2.97. The standard InChI is InChI=1S/C16H23BrO/c1-12(2)11-16(9-3-4-10-16)15(18)13-5-7-14(17)8-6-13/h5-8,12,15,18H,3-4,9-11H2,1-2H3. The molecule has 0 bridgehead atoms. The van der Waals surface area contributed by atoms with Crippen molar-refractivity contribution in [2.24, 2.45) is 11.3 Å². The fourth-order valence-electron chi connectivity index (χ4n) is 3.48. The lowest BCUT2D eigenvalue weighted by Gasteiger charge is -2.36. The molecule has 1 fully saturated rings. The van der Waals surface area contributed by atoms with E-state index in [0.717, 1.165) is 16.5 Å². The Morgan fingerprint density at radius 1 is 1.17 bits per heavy atom. The molecule has 1 nitrogen and oxygen atoms in total. The van der Waals surface area contributed by atoms with E-state index < -0.39 is 0 Å². The molecule has 1 atom stereocenters. The van der Waals surface area contributed by atoms with Crippen molar-refractivity contribution in [1.82, 2.24) is 0 Å². The second-order valence-corrected chi connectivity index (χ2v) is 7.04. The molecule has 1 saturated carbocycles. The van der Waals surface area contributed by atoms with Gasteiger partial charge < -0.3 is 5.11 Å². The van der Waals surface area contributed by atoms with Crippen molar-refractivity contribution in [3.8, 4) is 0 Å². The Morgan fingerprint density at radius 3 is 2.22 bits per heavy atom. The molecule has 0 saturated heterocycles. The van der Waals surface area contributed by atoms with Crippen LogP contribution in [0.25, 0.3) is 0 Å². The Hall–Kier alpha value is -0.340. The molecular formula is C16H23BrO. The Kier molecular flexibility index (Phi) is 4.50. The highest BCUT2D eigenvalue weighted by molar-refractivity contribution is 9.10. The summed E-state index contributed by atoms with van der Waals surface area (Å²) in [4.78, 5) is 0. The highest BCUT2D eigenvalue weighted by atomic mass is 79.9. The number of aliphatic hydroxyl groups is 1. The molecule has 0 aliphatic heterocycles. The highest BCUT2D eigenvalue weighted by Gasteiger charge is 2.41. The molecule has 100 valence electrons. The average molecular weight is 311 g/mol. The maximum atomic E-state index is 10.8. The number of hydrogen-bond acceptors (Lipinski definition) is 1. The molecule has 1 aromatic carbocycles. The van der Waals surface area contributed by atoms with Gasteiger partial charge in [0, 0.05) is 9.89 Å². The van der Waals surface area contributed by atoms with Crippen LogP contribution >= 0.6 is 15.9 Å². The molecule has 2 rings (SSSR count). The fraction of sp³-hybridized carbons (Fsp3) is 0.625. The average Bonchev–Trinajstić information content (AvgIpc) is 2.78. The summed E-state index contributed by atoms with van der Waals surface area (Å²) in [5.74, 6) is 0.646. The molecule has 0 aromatic heterocycles. The molecular weight excluding hydrogens is 288 g/mol. The third-order valence-electron chi connectivity index (χ3n) is 4.18. The first-order valence-electron chi connectivity index (χ1n) is 6.97. The summed E-state index contributed by atoms with van der Waals surface area (Å²) in [7, 11) is 0. The van der Waals surface area contributed by atoms with Crippen molar-refractivity contribution in [1.29, 1.82) is 0 Å². The zero-order valence-electron chi connectivity index (χ0n) is 11.3. The molecule has 1 N–H and O–H groups in total. The van der Waals surface area contributed by atoms with Crippen LogP contribution < -0.4 is 0 Å². The maximum absolute atomic E-state index is 10.8. The van der Waals surface area contributed by atoms with E-state index >= 15 is 0 Å². The number of aliphatic hydroxyl groups excluding tert-OH is 1. The van der Waals surface area contributed by atoms with Gasteiger partial charge in [0.05, 0.1) is 6.10 Å². The molecule has 1 aliphatic rings. The van der Waals surface area contributed by atoms with Gasteiger partial charge in [0.1, 0.15) is 0 Å². The van der Waals surface area contributed by atoms with Crippen LogP contribution in [0, 0.1) is 11.3 Å². The molecule has 2 heteroatoms. The van der Waals surface area contributed by atoms with E-state index in [0.29, 0.717) is 5.92 Å². The van der Waals surface area contributed by atoms with Crippen LogP contribution in [0.4, 0.5) is 0 Å². The number of benzene rings is 1. The summed E-state index contributed by atoms with van der Waals surface area (Å²) >= 11 is 3.45. The zero-order valence-corrected chi connectivity index (χ0v) is 12.9. The van der Waals surface area contributed by atoms with Crippen molar-refractivity contribution in [3.05, 3.63) is 34.3 Å². The van der Waals surface area contributed by atoms with E-state index in [-0.39, 0.29) is 11.5 Å². The van der Waals surface area contributed by atoms with Gasteiger partial charge in [-0.15, -0.1) is 0 Å². The van der Waals surface area contributed by atoms with Gasteiger partial charge in [-0.3, -0.25) is 0 Å². The van der Waals surface area contributed by atoms with Crippen LogP contribution in [-0.4, -0.2) is 5.11 Å². The predicted molar refractivity (Wildman–Crippen MR) is 79.5 cm³/mol. The number of hydrogen-bond donors (Lipinski definition) is 1. The Labute approximate surface area is 119 Å². The van der Waals surface area contributed by atoms with Gasteiger partial charge in [-0.2, -0.15) is 0 Å². The molecule has 18 heavy (non-hydrogen) atoms. The van der Waals surface area contributed by atoms with Crippen molar-refractivity contribution in [3.63, 3.8) is 0 Å². The van der Waals surface area contributed by atoms with E-state index in [1.165, 1.54) is 25.7 Å². The van der Waals surface area contributed by atoms with Crippen molar-refractivity contribution in [2.45, 2.75) is 52.1 Å². The summed E-state index contributed by atoms with van der Waals surface area (Å²) < 4.78 is 1.07. The minimum Gasteiger partial charge on any atom is -0.388 e. The second kappa shape index (κ2) is 5.75. The van der Waals surface area contributed by atoms with Gasteiger partial charge in [-0.05, 0) is 42.9 Å². The van der Waals surface area contributed by atoms with Crippen molar-refractivity contribution < 1.29 is 5.11 Å². The Balaban J connectivity index is 2.22. The first-order chi connectivity index (χ1) is 8.53. The van der Waals surface area contributed by atoms with E-state index in [9.17, 15) is 5.11 Å². The molecule has 1 aromatic rings.